The molecule has 1 aromatic heterocycles. The van der Waals surface area contributed by atoms with E-state index in [1.54, 1.807) is 13.1 Å². The van der Waals surface area contributed by atoms with Crippen LogP contribution >= 0.6 is 0 Å². The number of hydrogen-bond donors (Lipinski definition) is 2. The van der Waals surface area contributed by atoms with E-state index in [2.05, 4.69) is 10.2 Å². The average molecular weight is 223 g/mol. The van der Waals surface area contributed by atoms with Crippen LogP contribution in [0.25, 0.3) is 0 Å². The Balaban J connectivity index is 2.32. The Morgan fingerprint density at radius 3 is 3.06 bits per heavy atom. The number of H-pyrrole nitrogens is 1. The van der Waals surface area contributed by atoms with Crippen LogP contribution in [0.15, 0.2) is 6.20 Å². The summed E-state index contributed by atoms with van der Waals surface area (Å²) < 4.78 is 0. The smallest absolute Gasteiger partial charge is 0.308 e. The van der Waals surface area contributed by atoms with Crippen LogP contribution in [0.1, 0.15) is 18.9 Å². The maximum Gasteiger partial charge on any atom is 0.308 e. The minimum absolute atomic E-state index is 0.0866. The minimum atomic E-state index is -0.874. The number of aromatic amines is 1. The van der Waals surface area contributed by atoms with Gasteiger partial charge in [0.1, 0.15) is 5.82 Å². The topological polar surface area (TPSA) is 86.3 Å². The zero-order valence-corrected chi connectivity index (χ0v) is 8.93. The predicted molar refractivity (Wildman–Crippen MR) is 56.1 cm³/mol. The molecule has 2 heterocycles. The van der Waals surface area contributed by atoms with Crippen LogP contribution in [0.4, 0.5) is 5.82 Å². The Kier molecular flexibility index (Phi) is 2.64. The van der Waals surface area contributed by atoms with Crippen LogP contribution in [0.2, 0.25) is 0 Å². The van der Waals surface area contributed by atoms with Crippen LogP contribution < -0.4 is 4.90 Å². The van der Waals surface area contributed by atoms with Crippen molar-refractivity contribution in [1.82, 2.24) is 10.2 Å². The molecule has 0 spiro atoms. The number of hydrogen-bond acceptors (Lipinski definition) is 3. The highest BCUT2D eigenvalue weighted by atomic mass is 16.4. The molecule has 2 N–H and O–H groups in total. The molecule has 0 aromatic carbocycles. The molecular formula is C10H13N3O3. The molecule has 6 nitrogen and oxygen atoms in total. The SMILES string of the molecule is CCC(=O)N1CC(C(=O)O)Cc2cn[nH]c21. The first-order valence-corrected chi connectivity index (χ1v) is 5.19. The van der Waals surface area contributed by atoms with Gasteiger partial charge in [-0.05, 0) is 6.42 Å². The van der Waals surface area contributed by atoms with E-state index >= 15 is 0 Å². The van der Waals surface area contributed by atoms with E-state index in [4.69, 9.17) is 5.11 Å². The van der Waals surface area contributed by atoms with E-state index in [9.17, 15) is 9.59 Å². The zero-order valence-electron chi connectivity index (χ0n) is 8.93. The zero-order chi connectivity index (χ0) is 11.7. The summed E-state index contributed by atoms with van der Waals surface area (Å²) in [5.74, 6) is -0.859. The fourth-order valence-corrected chi connectivity index (χ4v) is 1.91. The van der Waals surface area contributed by atoms with Crippen LogP contribution in [-0.2, 0) is 16.0 Å². The third-order valence-corrected chi connectivity index (χ3v) is 2.79. The van der Waals surface area contributed by atoms with Crippen molar-refractivity contribution in [3.05, 3.63) is 11.8 Å². The van der Waals surface area contributed by atoms with Crippen molar-refractivity contribution in [1.29, 1.82) is 0 Å². The van der Waals surface area contributed by atoms with Crippen molar-refractivity contribution >= 4 is 17.7 Å². The lowest BCUT2D eigenvalue weighted by Gasteiger charge is -2.29. The standard InChI is InChI=1S/C10H13N3O3/c1-2-8(14)13-5-7(10(15)16)3-6-4-11-12-9(6)13/h4,7H,2-3,5H2,1H3,(H,11,12)(H,15,16). The molecule has 0 saturated heterocycles. The third kappa shape index (κ3) is 1.66. The second-order valence-corrected chi connectivity index (χ2v) is 3.84. The lowest BCUT2D eigenvalue weighted by Crippen LogP contribution is -2.42. The number of amides is 1. The number of anilines is 1. The molecule has 86 valence electrons. The van der Waals surface area contributed by atoms with Crippen molar-refractivity contribution < 1.29 is 14.7 Å². The highest BCUT2D eigenvalue weighted by Crippen LogP contribution is 2.27. The van der Waals surface area contributed by atoms with Crippen molar-refractivity contribution in [3.63, 3.8) is 0 Å². The number of carbonyl (C=O) groups is 2. The van der Waals surface area contributed by atoms with Crippen LogP contribution in [0.5, 0.6) is 0 Å². The van der Waals surface area contributed by atoms with Gasteiger partial charge in [0.25, 0.3) is 0 Å². The van der Waals surface area contributed by atoms with E-state index in [1.165, 1.54) is 4.90 Å². The Labute approximate surface area is 92.3 Å². The Hall–Kier alpha value is -1.85. The maximum atomic E-state index is 11.7. The average Bonchev–Trinajstić information content (AvgIpc) is 2.74. The number of nitrogens with one attached hydrogen (secondary N) is 1. The number of fused-ring (bicyclic) bond motifs is 1. The molecule has 0 radical (unpaired) electrons. The molecule has 16 heavy (non-hydrogen) atoms. The molecular weight excluding hydrogens is 210 g/mol. The van der Waals surface area contributed by atoms with Crippen molar-refractivity contribution in [2.75, 3.05) is 11.4 Å². The summed E-state index contributed by atoms with van der Waals surface area (Å²) in [4.78, 5) is 24.1. The molecule has 1 aromatic rings. The van der Waals surface area contributed by atoms with Gasteiger partial charge in [-0.25, -0.2) is 0 Å². The summed E-state index contributed by atoms with van der Waals surface area (Å²) in [6.07, 6.45) is 2.36. The quantitative estimate of drug-likeness (QED) is 0.760. The van der Waals surface area contributed by atoms with E-state index in [1.807, 2.05) is 0 Å². The van der Waals surface area contributed by atoms with E-state index in [0.29, 0.717) is 18.7 Å². The number of carbonyl (C=O) groups excluding carboxylic acids is 1. The van der Waals surface area contributed by atoms with Gasteiger partial charge in [0.05, 0.1) is 12.1 Å². The molecule has 0 aliphatic carbocycles. The lowest BCUT2D eigenvalue weighted by molar-refractivity contribution is -0.141. The Bertz CT molecular complexity index is 427. The molecule has 1 atom stereocenters. The van der Waals surface area contributed by atoms with Gasteiger partial charge < -0.3 is 5.11 Å². The summed E-state index contributed by atoms with van der Waals surface area (Å²) in [5, 5.41) is 15.6. The van der Waals surface area contributed by atoms with Crippen LogP contribution in [0, 0.1) is 5.92 Å². The van der Waals surface area contributed by atoms with Gasteiger partial charge in [-0.3, -0.25) is 19.6 Å². The summed E-state index contributed by atoms with van der Waals surface area (Å²) in [6.45, 7) is 1.97. The first-order valence-electron chi connectivity index (χ1n) is 5.19. The first-order chi connectivity index (χ1) is 7.63. The van der Waals surface area contributed by atoms with Gasteiger partial charge >= 0.3 is 5.97 Å². The van der Waals surface area contributed by atoms with Crippen LogP contribution in [-0.4, -0.2) is 33.7 Å². The van der Waals surface area contributed by atoms with Gasteiger partial charge in [0, 0.05) is 18.5 Å². The second-order valence-electron chi connectivity index (χ2n) is 3.84. The van der Waals surface area contributed by atoms with Gasteiger partial charge in [-0.15, -0.1) is 0 Å². The summed E-state index contributed by atoms with van der Waals surface area (Å²) in [7, 11) is 0. The molecule has 0 fully saturated rings. The number of carboxylic acid groups (broad SMARTS) is 1. The molecule has 1 aliphatic heterocycles. The van der Waals surface area contributed by atoms with Gasteiger partial charge in [0.15, 0.2) is 0 Å². The number of rotatable bonds is 2. The lowest BCUT2D eigenvalue weighted by atomic mass is 9.96. The number of aromatic nitrogens is 2. The molecule has 6 heteroatoms. The van der Waals surface area contributed by atoms with Gasteiger partial charge in [-0.1, -0.05) is 6.92 Å². The van der Waals surface area contributed by atoms with Crippen molar-refractivity contribution in [3.8, 4) is 0 Å². The molecule has 0 bridgehead atoms. The van der Waals surface area contributed by atoms with E-state index in [-0.39, 0.29) is 12.5 Å². The number of nitrogens with zero attached hydrogens (tertiary/aromatic N) is 2. The monoisotopic (exact) mass is 223 g/mol. The summed E-state index contributed by atoms with van der Waals surface area (Å²) in [6, 6.07) is 0. The predicted octanol–water partition coefficient (Wildman–Crippen LogP) is 0.410. The van der Waals surface area contributed by atoms with Crippen LogP contribution in [0.3, 0.4) is 0 Å². The third-order valence-electron chi connectivity index (χ3n) is 2.79. The molecule has 1 amide bonds. The highest BCUT2D eigenvalue weighted by molar-refractivity contribution is 5.94. The number of carboxylic acids is 1. The maximum absolute atomic E-state index is 11.7. The van der Waals surface area contributed by atoms with E-state index in [0.717, 1.165) is 5.56 Å². The van der Waals surface area contributed by atoms with Gasteiger partial charge in [0.2, 0.25) is 5.91 Å². The largest absolute Gasteiger partial charge is 0.481 e. The number of aliphatic carboxylic acids is 1. The normalized spacial score (nSPS) is 19.3. The van der Waals surface area contributed by atoms with Crippen molar-refractivity contribution in [2.24, 2.45) is 5.92 Å². The van der Waals surface area contributed by atoms with Gasteiger partial charge in [-0.2, -0.15) is 5.10 Å². The Morgan fingerprint density at radius 1 is 1.69 bits per heavy atom. The first kappa shape index (κ1) is 10.7. The fraction of sp³-hybridized carbons (Fsp3) is 0.500. The molecule has 1 aliphatic rings. The second kappa shape index (κ2) is 3.96. The van der Waals surface area contributed by atoms with E-state index < -0.39 is 11.9 Å². The Morgan fingerprint density at radius 2 is 2.44 bits per heavy atom. The highest BCUT2D eigenvalue weighted by Gasteiger charge is 2.32. The summed E-state index contributed by atoms with van der Waals surface area (Å²) in [5.41, 5.74) is 0.792. The fourth-order valence-electron chi connectivity index (χ4n) is 1.91. The molecule has 1 unspecified atom stereocenters. The summed E-state index contributed by atoms with van der Waals surface area (Å²) >= 11 is 0. The molecule has 2 rings (SSSR count). The minimum Gasteiger partial charge on any atom is -0.481 e. The molecule has 0 saturated carbocycles. The van der Waals surface area contributed by atoms with Crippen molar-refractivity contribution in [2.45, 2.75) is 19.8 Å².